The molecule has 152 valence electrons. The molecule has 6 nitrogen and oxygen atoms in total. The van der Waals surface area contributed by atoms with Crippen molar-refractivity contribution in [3.63, 3.8) is 0 Å². The van der Waals surface area contributed by atoms with Crippen LogP contribution < -0.4 is 5.56 Å². The van der Waals surface area contributed by atoms with Gasteiger partial charge in [-0.2, -0.15) is 0 Å². The number of halogens is 1. The molecule has 1 N–H and O–H groups in total. The smallest absolute Gasteiger partial charge is 0.310 e. The summed E-state index contributed by atoms with van der Waals surface area (Å²) in [5.74, 6) is 0.351. The fourth-order valence-corrected chi connectivity index (χ4v) is 5.00. The molecule has 0 aliphatic carbocycles. The minimum atomic E-state index is -0.167. The maximum Gasteiger partial charge on any atom is 0.310 e. The van der Waals surface area contributed by atoms with Gasteiger partial charge in [-0.3, -0.25) is 14.5 Å². The predicted molar refractivity (Wildman–Crippen MR) is 115 cm³/mol. The van der Waals surface area contributed by atoms with Gasteiger partial charge in [-0.25, -0.2) is 4.98 Å². The Bertz CT molecular complexity index is 1090. The lowest BCUT2D eigenvalue weighted by Crippen LogP contribution is -2.39. The number of thiophene rings is 1. The highest BCUT2D eigenvalue weighted by Crippen LogP contribution is 2.35. The van der Waals surface area contributed by atoms with E-state index in [1.54, 1.807) is 0 Å². The maximum absolute atomic E-state index is 12.8. The number of ether oxygens (including phenoxy) is 1. The first kappa shape index (κ1) is 20.1. The molecule has 1 atom stereocenters. The van der Waals surface area contributed by atoms with Crippen molar-refractivity contribution in [3.05, 3.63) is 50.8 Å². The molecule has 0 amide bonds. The lowest BCUT2D eigenvalue weighted by Gasteiger charge is -2.30. The number of carbonyl (C=O) groups excluding carboxylic acids is 1. The van der Waals surface area contributed by atoms with Crippen LogP contribution in [0.5, 0.6) is 0 Å². The summed E-state index contributed by atoms with van der Waals surface area (Å²) in [5.41, 5.74) is 1.46. The van der Waals surface area contributed by atoms with E-state index >= 15 is 0 Å². The molecule has 2 aromatic heterocycles. The Morgan fingerprint density at radius 2 is 2.21 bits per heavy atom. The van der Waals surface area contributed by atoms with Gasteiger partial charge in [0.05, 0.1) is 24.5 Å². The Morgan fingerprint density at radius 3 is 3.00 bits per heavy atom. The zero-order valence-electron chi connectivity index (χ0n) is 16.1. The van der Waals surface area contributed by atoms with Crippen molar-refractivity contribution in [3.8, 4) is 11.1 Å². The molecule has 0 saturated carbocycles. The zero-order valence-corrected chi connectivity index (χ0v) is 17.7. The van der Waals surface area contributed by atoms with Crippen molar-refractivity contribution >= 4 is 39.1 Å². The van der Waals surface area contributed by atoms with Crippen molar-refractivity contribution in [2.75, 3.05) is 19.7 Å². The summed E-state index contributed by atoms with van der Waals surface area (Å²) in [4.78, 5) is 35.3. The Morgan fingerprint density at radius 1 is 1.38 bits per heavy atom. The molecular formula is C21H22ClN3O3S. The number of nitrogens with one attached hydrogen (secondary N) is 1. The molecule has 29 heavy (non-hydrogen) atoms. The minimum Gasteiger partial charge on any atom is -0.466 e. The first-order valence-corrected chi connectivity index (χ1v) is 11.0. The van der Waals surface area contributed by atoms with Gasteiger partial charge in [0.1, 0.15) is 10.7 Å². The van der Waals surface area contributed by atoms with E-state index < -0.39 is 0 Å². The SMILES string of the molecule is CCOC(=O)C1CCCN(Cc2nc3scc(-c4ccccc4Cl)c3c(=O)[nH]2)C1. The van der Waals surface area contributed by atoms with Crippen molar-refractivity contribution in [1.29, 1.82) is 0 Å². The van der Waals surface area contributed by atoms with Gasteiger partial charge in [0.15, 0.2) is 0 Å². The average molecular weight is 432 g/mol. The summed E-state index contributed by atoms with van der Waals surface area (Å²) in [6.07, 6.45) is 1.76. The van der Waals surface area contributed by atoms with Crippen molar-refractivity contribution in [2.45, 2.75) is 26.3 Å². The Kier molecular flexibility index (Phi) is 5.99. The predicted octanol–water partition coefficient (Wildman–Crippen LogP) is 4.08. The van der Waals surface area contributed by atoms with Gasteiger partial charge >= 0.3 is 5.97 Å². The molecule has 8 heteroatoms. The fraction of sp³-hybridized carbons (Fsp3) is 0.381. The number of piperidine rings is 1. The molecule has 1 aliphatic rings. The Labute approximate surface area is 177 Å². The maximum atomic E-state index is 12.8. The normalized spacial score (nSPS) is 17.5. The average Bonchev–Trinajstić information content (AvgIpc) is 3.13. The topological polar surface area (TPSA) is 75.3 Å². The highest BCUT2D eigenvalue weighted by Gasteiger charge is 2.27. The molecule has 1 aliphatic heterocycles. The number of hydrogen-bond acceptors (Lipinski definition) is 6. The van der Waals surface area contributed by atoms with Crippen LogP contribution in [0.3, 0.4) is 0 Å². The third kappa shape index (κ3) is 4.22. The van der Waals surface area contributed by atoms with Gasteiger partial charge < -0.3 is 9.72 Å². The van der Waals surface area contributed by atoms with Crippen molar-refractivity contribution < 1.29 is 9.53 Å². The van der Waals surface area contributed by atoms with Crippen LogP contribution in [0.1, 0.15) is 25.6 Å². The second-order valence-electron chi connectivity index (χ2n) is 7.15. The summed E-state index contributed by atoms with van der Waals surface area (Å²) in [5, 5.41) is 3.10. The second kappa shape index (κ2) is 8.65. The van der Waals surface area contributed by atoms with Gasteiger partial charge in [0.2, 0.25) is 0 Å². The van der Waals surface area contributed by atoms with Gasteiger partial charge in [-0.05, 0) is 32.4 Å². The van der Waals surface area contributed by atoms with Crippen molar-refractivity contribution in [2.24, 2.45) is 5.92 Å². The van der Waals surface area contributed by atoms with Crippen LogP contribution in [0.4, 0.5) is 0 Å². The van der Waals surface area contributed by atoms with Gasteiger partial charge in [0, 0.05) is 28.1 Å². The van der Waals surface area contributed by atoms with E-state index in [1.807, 2.05) is 36.6 Å². The molecule has 1 aromatic carbocycles. The number of H-pyrrole nitrogens is 1. The van der Waals surface area contributed by atoms with Crippen LogP contribution in [-0.2, 0) is 16.1 Å². The summed E-state index contributed by atoms with van der Waals surface area (Å²) in [6.45, 7) is 4.20. The molecule has 1 fully saturated rings. The first-order chi connectivity index (χ1) is 14.1. The van der Waals surface area contributed by atoms with Crippen LogP contribution in [-0.4, -0.2) is 40.5 Å². The zero-order chi connectivity index (χ0) is 20.4. The highest BCUT2D eigenvalue weighted by molar-refractivity contribution is 7.17. The van der Waals surface area contributed by atoms with Crippen LogP contribution in [0.15, 0.2) is 34.4 Å². The standard InChI is InChI=1S/C21H22ClN3O3S/c1-2-28-21(27)13-6-5-9-25(10-13)11-17-23-19(26)18-15(12-29-20(18)24-17)14-7-3-4-8-16(14)22/h3-4,7-8,12-13H,2,5-6,9-11H2,1H3,(H,23,24,26). The third-order valence-corrected chi connectivity index (χ3v) is 6.36. The quantitative estimate of drug-likeness (QED) is 0.616. The van der Waals surface area contributed by atoms with Crippen LogP contribution in [0.2, 0.25) is 5.02 Å². The number of hydrogen-bond donors (Lipinski definition) is 1. The Hall–Kier alpha value is -2.22. The number of carbonyl (C=O) groups is 1. The molecule has 1 unspecified atom stereocenters. The van der Waals surface area contributed by atoms with Crippen LogP contribution in [0.25, 0.3) is 21.3 Å². The number of fused-ring (bicyclic) bond motifs is 1. The first-order valence-electron chi connectivity index (χ1n) is 9.71. The fourth-order valence-electron chi connectivity index (χ4n) is 3.81. The number of aromatic amines is 1. The van der Waals surface area contributed by atoms with E-state index in [2.05, 4.69) is 14.9 Å². The number of esters is 1. The number of benzene rings is 1. The van der Waals surface area contributed by atoms with E-state index in [0.29, 0.717) is 40.8 Å². The van der Waals surface area contributed by atoms with E-state index in [0.717, 1.165) is 30.5 Å². The highest BCUT2D eigenvalue weighted by atomic mass is 35.5. The van der Waals surface area contributed by atoms with E-state index in [4.69, 9.17) is 16.3 Å². The number of rotatable bonds is 5. The summed E-state index contributed by atoms with van der Waals surface area (Å²) in [7, 11) is 0. The van der Waals surface area contributed by atoms with Gasteiger partial charge in [-0.1, -0.05) is 29.8 Å². The Balaban J connectivity index is 1.58. The lowest BCUT2D eigenvalue weighted by molar-refractivity contribution is -0.150. The van der Waals surface area contributed by atoms with Gasteiger partial charge in [-0.15, -0.1) is 11.3 Å². The van der Waals surface area contributed by atoms with Crippen molar-refractivity contribution in [1.82, 2.24) is 14.9 Å². The van der Waals surface area contributed by atoms with Crippen LogP contribution >= 0.6 is 22.9 Å². The molecule has 1 saturated heterocycles. The molecule has 3 heterocycles. The number of aromatic nitrogens is 2. The summed E-state index contributed by atoms with van der Waals surface area (Å²) < 4.78 is 5.16. The lowest BCUT2D eigenvalue weighted by atomic mass is 9.98. The molecule has 0 bridgehead atoms. The van der Waals surface area contributed by atoms with E-state index in [1.165, 1.54) is 11.3 Å². The molecule has 3 aromatic rings. The van der Waals surface area contributed by atoms with Crippen LogP contribution in [0, 0.1) is 5.92 Å². The minimum absolute atomic E-state index is 0.118. The summed E-state index contributed by atoms with van der Waals surface area (Å²) in [6, 6.07) is 7.48. The largest absolute Gasteiger partial charge is 0.466 e. The second-order valence-corrected chi connectivity index (χ2v) is 8.41. The number of nitrogens with zero attached hydrogens (tertiary/aromatic N) is 2. The molecule has 0 spiro atoms. The number of likely N-dealkylation sites (tertiary alicyclic amines) is 1. The summed E-state index contributed by atoms with van der Waals surface area (Å²) >= 11 is 7.76. The van der Waals surface area contributed by atoms with Gasteiger partial charge in [0.25, 0.3) is 5.56 Å². The monoisotopic (exact) mass is 431 g/mol. The van der Waals surface area contributed by atoms with E-state index in [9.17, 15) is 9.59 Å². The molecule has 0 radical (unpaired) electrons. The third-order valence-electron chi connectivity index (χ3n) is 5.16. The molecular weight excluding hydrogens is 410 g/mol. The van der Waals surface area contributed by atoms with E-state index in [-0.39, 0.29) is 17.4 Å². The molecule has 4 rings (SSSR count).